The summed E-state index contributed by atoms with van der Waals surface area (Å²) < 4.78 is 1.16. The largest absolute Gasteiger partial charge is 0.380 e. The second-order valence-electron chi connectivity index (χ2n) is 3.36. The molecule has 0 fully saturated rings. The lowest BCUT2D eigenvalue weighted by atomic mass is 10.3. The Labute approximate surface area is 116 Å². The average Bonchev–Trinajstić information content (AvgIpc) is 2.75. The number of nitrogens with one attached hydrogen (secondary N) is 1. The molecule has 6 heteroatoms. The van der Waals surface area contributed by atoms with Crippen molar-refractivity contribution in [3.8, 4) is 0 Å². The molecular formula is C11H9IN2O2S. The number of rotatable bonds is 4. The molecule has 0 saturated heterocycles. The van der Waals surface area contributed by atoms with Gasteiger partial charge in [-0.1, -0.05) is 17.4 Å². The third-order valence-electron chi connectivity index (χ3n) is 2.12. The summed E-state index contributed by atoms with van der Waals surface area (Å²) in [4.78, 5) is 11.1. The van der Waals surface area contributed by atoms with Gasteiger partial charge in [-0.05, 0) is 46.9 Å². The zero-order valence-corrected chi connectivity index (χ0v) is 11.7. The van der Waals surface area contributed by atoms with E-state index in [4.69, 9.17) is 0 Å². The van der Waals surface area contributed by atoms with Gasteiger partial charge < -0.3 is 5.32 Å². The fourth-order valence-electron chi connectivity index (χ4n) is 1.35. The average molecular weight is 360 g/mol. The van der Waals surface area contributed by atoms with Crippen LogP contribution in [0.2, 0.25) is 0 Å². The highest BCUT2D eigenvalue weighted by atomic mass is 127. The lowest BCUT2D eigenvalue weighted by Gasteiger charge is -2.04. The summed E-state index contributed by atoms with van der Waals surface area (Å²) in [6.45, 7) is 0.610. The first-order valence-corrected chi connectivity index (χ1v) is 6.77. The molecule has 2 aromatic rings. The lowest BCUT2D eigenvalue weighted by molar-refractivity contribution is -0.380. The lowest BCUT2D eigenvalue weighted by Crippen LogP contribution is -1.97. The van der Waals surface area contributed by atoms with Crippen LogP contribution in [0.15, 0.2) is 36.4 Å². The Hall–Kier alpha value is -1.15. The van der Waals surface area contributed by atoms with E-state index in [-0.39, 0.29) is 9.92 Å². The van der Waals surface area contributed by atoms with E-state index >= 15 is 0 Å². The van der Waals surface area contributed by atoms with Crippen molar-refractivity contribution in [2.45, 2.75) is 6.54 Å². The van der Waals surface area contributed by atoms with Crippen LogP contribution in [0.5, 0.6) is 0 Å². The summed E-state index contributed by atoms with van der Waals surface area (Å²) in [5.41, 5.74) is 1.02. The molecule has 1 N–H and O–H groups in total. The molecule has 1 aromatic heterocycles. The SMILES string of the molecule is O=[N+]([O-])c1ccc(CNc2cccc(I)c2)s1. The van der Waals surface area contributed by atoms with Crippen LogP contribution in [-0.4, -0.2) is 4.92 Å². The molecule has 0 aliphatic rings. The molecule has 88 valence electrons. The quantitative estimate of drug-likeness (QED) is 0.512. The van der Waals surface area contributed by atoms with Crippen molar-refractivity contribution in [3.05, 3.63) is 55.0 Å². The standard InChI is InChI=1S/C11H9IN2O2S/c12-8-2-1-3-9(6-8)13-7-10-4-5-11(17-10)14(15)16/h1-6,13H,7H2. The monoisotopic (exact) mass is 360 g/mol. The minimum Gasteiger partial charge on any atom is -0.380 e. The van der Waals surface area contributed by atoms with Gasteiger partial charge in [0.2, 0.25) is 0 Å². The topological polar surface area (TPSA) is 55.2 Å². The molecule has 0 aliphatic heterocycles. The molecule has 4 nitrogen and oxygen atoms in total. The molecule has 0 aliphatic carbocycles. The molecular weight excluding hydrogens is 351 g/mol. The highest BCUT2D eigenvalue weighted by Gasteiger charge is 2.09. The van der Waals surface area contributed by atoms with Crippen molar-refractivity contribution < 1.29 is 4.92 Å². The third kappa shape index (κ3) is 3.40. The van der Waals surface area contributed by atoms with Crippen molar-refractivity contribution in [2.75, 3.05) is 5.32 Å². The molecule has 0 radical (unpaired) electrons. The van der Waals surface area contributed by atoms with Gasteiger partial charge in [0, 0.05) is 26.7 Å². The number of nitrogens with zero attached hydrogens (tertiary/aromatic N) is 1. The second kappa shape index (κ2) is 5.46. The van der Waals surface area contributed by atoms with Gasteiger partial charge >= 0.3 is 5.00 Å². The fourth-order valence-corrected chi connectivity index (χ4v) is 2.65. The van der Waals surface area contributed by atoms with Gasteiger partial charge in [0.15, 0.2) is 0 Å². The van der Waals surface area contributed by atoms with Crippen LogP contribution in [0.25, 0.3) is 0 Å². The van der Waals surface area contributed by atoms with E-state index in [1.54, 1.807) is 6.07 Å². The molecule has 17 heavy (non-hydrogen) atoms. The summed E-state index contributed by atoms with van der Waals surface area (Å²) in [5, 5.41) is 13.9. The summed E-state index contributed by atoms with van der Waals surface area (Å²) in [6.07, 6.45) is 0. The van der Waals surface area contributed by atoms with Gasteiger partial charge in [-0.25, -0.2) is 0 Å². The molecule has 1 heterocycles. The molecule has 1 aromatic carbocycles. The number of halogens is 1. The number of benzene rings is 1. The minimum absolute atomic E-state index is 0.185. The van der Waals surface area contributed by atoms with Crippen molar-refractivity contribution in [3.63, 3.8) is 0 Å². The Morgan fingerprint density at radius 2 is 2.18 bits per heavy atom. The summed E-state index contributed by atoms with van der Waals surface area (Å²) in [7, 11) is 0. The van der Waals surface area contributed by atoms with Gasteiger partial charge in [0.25, 0.3) is 0 Å². The number of thiophene rings is 1. The normalized spacial score (nSPS) is 10.2. The number of hydrogen-bond acceptors (Lipinski definition) is 4. The Balaban J connectivity index is 2.00. The third-order valence-corrected chi connectivity index (χ3v) is 3.83. The van der Waals surface area contributed by atoms with Crippen molar-refractivity contribution in [1.29, 1.82) is 0 Å². The molecule has 0 bridgehead atoms. The van der Waals surface area contributed by atoms with Crippen LogP contribution in [0.1, 0.15) is 4.88 Å². The zero-order valence-electron chi connectivity index (χ0n) is 8.72. The Bertz CT molecular complexity index is 542. The first-order chi connectivity index (χ1) is 8.15. The number of hydrogen-bond donors (Lipinski definition) is 1. The van der Waals surface area contributed by atoms with E-state index in [1.807, 2.05) is 24.3 Å². The van der Waals surface area contributed by atoms with Gasteiger partial charge in [0.05, 0.1) is 4.92 Å². The Kier molecular flexibility index (Phi) is 3.95. The van der Waals surface area contributed by atoms with Gasteiger partial charge in [-0.3, -0.25) is 10.1 Å². The first kappa shape index (κ1) is 12.3. The highest BCUT2D eigenvalue weighted by molar-refractivity contribution is 14.1. The number of anilines is 1. The number of nitro groups is 1. The van der Waals surface area contributed by atoms with Crippen LogP contribution >= 0.6 is 33.9 Å². The molecule has 2 rings (SSSR count). The fraction of sp³-hybridized carbons (Fsp3) is 0.0909. The van der Waals surface area contributed by atoms with E-state index in [0.717, 1.165) is 14.1 Å². The van der Waals surface area contributed by atoms with Crippen LogP contribution in [0, 0.1) is 13.7 Å². The minimum atomic E-state index is -0.361. The maximum absolute atomic E-state index is 10.5. The predicted octanol–water partition coefficient (Wildman–Crippen LogP) is 3.87. The van der Waals surface area contributed by atoms with E-state index in [9.17, 15) is 10.1 Å². The van der Waals surface area contributed by atoms with Crippen LogP contribution in [-0.2, 0) is 6.54 Å². The van der Waals surface area contributed by atoms with Crippen LogP contribution in [0.4, 0.5) is 10.7 Å². The van der Waals surface area contributed by atoms with E-state index in [1.165, 1.54) is 17.4 Å². The first-order valence-electron chi connectivity index (χ1n) is 4.88. The maximum atomic E-state index is 10.5. The van der Waals surface area contributed by atoms with E-state index < -0.39 is 0 Å². The maximum Gasteiger partial charge on any atom is 0.324 e. The second-order valence-corrected chi connectivity index (χ2v) is 5.75. The predicted molar refractivity (Wildman–Crippen MR) is 77.5 cm³/mol. The highest BCUT2D eigenvalue weighted by Crippen LogP contribution is 2.24. The molecule has 0 spiro atoms. The Morgan fingerprint density at radius 1 is 1.35 bits per heavy atom. The van der Waals surface area contributed by atoms with Gasteiger partial charge in [-0.2, -0.15) is 0 Å². The Morgan fingerprint density at radius 3 is 2.82 bits per heavy atom. The van der Waals surface area contributed by atoms with Crippen LogP contribution < -0.4 is 5.32 Å². The van der Waals surface area contributed by atoms with Crippen LogP contribution in [0.3, 0.4) is 0 Å². The van der Waals surface area contributed by atoms with Crippen molar-refractivity contribution in [1.82, 2.24) is 0 Å². The molecule has 0 amide bonds. The van der Waals surface area contributed by atoms with E-state index in [2.05, 4.69) is 27.9 Å². The summed E-state index contributed by atoms with van der Waals surface area (Å²) in [6, 6.07) is 11.3. The van der Waals surface area contributed by atoms with Gasteiger partial charge in [-0.15, -0.1) is 0 Å². The molecule has 0 atom stereocenters. The summed E-state index contributed by atoms with van der Waals surface area (Å²) >= 11 is 3.45. The van der Waals surface area contributed by atoms with Gasteiger partial charge in [0.1, 0.15) is 0 Å². The van der Waals surface area contributed by atoms with Crippen molar-refractivity contribution in [2.24, 2.45) is 0 Å². The smallest absolute Gasteiger partial charge is 0.324 e. The van der Waals surface area contributed by atoms with Crippen molar-refractivity contribution >= 4 is 44.6 Å². The van der Waals surface area contributed by atoms with E-state index in [0.29, 0.717) is 6.54 Å². The zero-order chi connectivity index (χ0) is 12.3. The molecule has 0 unspecified atom stereocenters. The summed E-state index contributed by atoms with van der Waals surface area (Å²) in [5.74, 6) is 0. The molecule has 0 saturated carbocycles.